The van der Waals surface area contributed by atoms with Crippen LogP contribution in [0.1, 0.15) is 26.4 Å². The first kappa shape index (κ1) is 24.5. The van der Waals surface area contributed by atoms with Crippen LogP contribution in [0.3, 0.4) is 0 Å². The summed E-state index contributed by atoms with van der Waals surface area (Å²) < 4.78 is 44.6. The quantitative estimate of drug-likeness (QED) is 0.363. The minimum absolute atomic E-state index is 0.188. The van der Waals surface area contributed by atoms with Crippen molar-refractivity contribution in [3.63, 3.8) is 0 Å². The fourth-order valence-electron chi connectivity index (χ4n) is 2.69. The van der Waals surface area contributed by atoms with Gasteiger partial charge in [0.1, 0.15) is 17.2 Å². The number of ether oxygens (including phenoxy) is 1. The number of hydrogen-bond acceptors (Lipinski definition) is 5. The summed E-state index contributed by atoms with van der Waals surface area (Å²) in [4.78, 5) is 31.9. The van der Waals surface area contributed by atoms with Crippen molar-refractivity contribution in [2.24, 2.45) is 10.7 Å². The summed E-state index contributed by atoms with van der Waals surface area (Å²) in [6, 6.07) is 12.0. The summed E-state index contributed by atoms with van der Waals surface area (Å²) in [6.07, 6.45) is -3.28. The van der Waals surface area contributed by atoms with E-state index in [0.717, 1.165) is 12.1 Å². The molecule has 0 atom stereocenters. The zero-order valence-corrected chi connectivity index (χ0v) is 18.2. The zero-order valence-electron chi connectivity index (χ0n) is 17.5. The van der Waals surface area contributed by atoms with Crippen molar-refractivity contribution < 1.29 is 27.5 Å². The lowest BCUT2D eigenvalue weighted by atomic mass is 10.1. The van der Waals surface area contributed by atoms with Gasteiger partial charge in [0.2, 0.25) is 5.96 Å². The molecule has 3 rings (SSSR count). The van der Waals surface area contributed by atoms with E-state index >= 15 is 0 Å². The maximum absolute atomic E-state index is 13.0. The molecule has 0 aliphatic carbocycles. The molecule has 0 bridgehead atoms. The number of carbonyl (C=O) groups is 2. The van der Waals surface area contributed by atoms with Crippen molar-refractivity contribution in [2.45, 2.75) is 6.18 Å². The van der Waals surface area contributed by atoms with E-state index < -0.39 is 22.7 Å². The molecule has 4 N–H and O–H groups in total. The summed E-state index contributed by atoms with van der Waals surface area (Å²) in [5.74, 6) is -0.755. The van der Waals surface area contributed by atoms with Crippen molar-refractivity contribution in [3.05, 3.63) is 82.6 Å². The van der Waals surface area contributed by atoms with Crippen molar-refractivity contribution in [2.75, 3.05) is 7.05 Å². The Bertz CT molecular complexity index is 1250. The van der Waals surface area contributed by atoms with Gasteiger partial charge in [-0.15, -0.1) is 0 Å². The smallest absolute Gasteiger partial charge is 0.417 e. The number of alkyl halides is 3. The standard InChI is InChI=1S/C22H17ClF3N5O3/c1-28-20(33)18-11-15(8-9-29-18)34-14-5-3-13(4-6-14)30-21(27)31-19(32)12-2-7-17(23)16(10-12)22(24,25)26/h2-11H,1H3,(H,28,33)(H3,27,30,31,32). The molecule has 0 saturated heterocycles. The van der Waals surface area contributed by atoms with Gasteiger partial charge in [-0.1, -0.05) is 11.6 Å². The molecule has 8 nitrogen and oxygen atoms in total. The Hall–Kier alpha value is -4.12. The lowest BCUT2D eigenvalue weighted by Crippen LogP contribution is -2.36. The van der Waals surface area contributed by atoms with E-state index in [1.807, 2.05) is 0 Å². The van der Waals surface area contributed by atoms with E-state index in [-0.39, 0.29) is 23.1 Å². The zero-order chi connectivity index (χ0) is 24.9. The number of nitrogens with one attached hydrogen (secondary N) is 2. The van der Waals surface area contributed by atoms with E-state index in [1.165, 1.54) is 19.3 Å². The van der Waals surface area contributed by atoms with Gasteiger partial charge in [0, 0.05) is 24.9 Å². The first-order valence-corrected chi connectivity index (χ1v) is 9.93. The van der Waals surface area contributed by atoms with E-state index in [1.54, 1.807) is 30.3 Å². The van der Waals surface area contributed by atoms with Gasteiger partial charge < -0.3 is 15.8 Å². The summed E-state index contributed by atoms with van der Waals surface area (Å²) >= 11 is 5.56. The Labute approximate surface area is 196 Å². The number of guanidine groups is 1. The Kier molecular flexibility index (Phi) is 7.37. The average molecular weight is 492 g/mol. The number of amides is 2. The molecule has 1 aromatic heterocycles. The minimum Gasteiger partial charge on any atom is -0.457 e. The fraction of sp³-hybridized carbons (Fsp3) is 0.0909. The van der Waals surface area contributed by atoms with E-state index in [0.29, 0.717) is 23.3 Å². The van der Waals surface area contributed by atoms with E-state index in [9.17, 15) is 22.8 Å². The normalized spacial score (nSPS) is 11.6. The number of hydrogen-bond donors (Lipinski definition) is 3. The number of aromatic nitrogens is 1. The number of aliphatic imine (C=N–C) groups is 1. The van der Waals surface area contributed by atoms with Crippen LogP contribution in [-0.4, -0.2) is 29.8 Å². The minimum atomic E-state index is -4.71. The van der Waals surface area contributed by atoms with E-state index in [2.05, 4.69) is 20.6 Å². The first-order valence-electron chi connectivity index (χ1n) is 9.55. The van der Waals surface area contributed by atoms with Gasteiger partial charge >= 0.3 is 6.18 Å². The second-order valence-corrected chi connectivity index (χ2v) is 7.10. The van der Waals surface area contributed by atoms with Crippen LogP contribution in [-0.2, 0) is 6.18 Å². The fourth-order valence-corrected chi connectivity index (χ4v) is 2.92. The molecule has 0 saturated carbocycles. The first-order chi connectivity index (χ1) is 16.1. The van der Waals surface area contributed by atoms with Crippen LogP contribution in [0.25, 0.3) is 0 Å². The second-order valence-electron chi connectivity index (χ2n) is 6.70. The molecular weight excluding hydrogens is 475 g/mol. The van der Waals surface area contributed by atoms with Gasteiger partial charge in [0.25, 0.3) is 11.8 Å². The van der Waals surface area contributed by atoms with Crippen LogP contribution in [0.2, 0.25) is 5.02 Å². The van der Waals surface area contributed by atoms with Crippen LogP contribution >= 0.6 is 11.6 Å². The van der Waals surface area contributed by atoms with Gasteiger partial charge in [-0.3, -0.25) is 19.9 Å². The molecule has 34 heavy (non-hydrogen) atoms. The van der Waals surface area contributed by atoms with Crippen LogP contribution < -0.4 is 21.1 Å². The Morgan fingerprint density at radius 3 is 2.38 bits per heavy atom. The highest BCUT2D eigenvalue weighted by Crippen LogP contribution is 2.35. The molecule has 0 fully saturated rings. The average Bonchev–Trinajstić information content (AvgIpc) is 2.79. The van der Waals surface area contributed by atoms with Crippen LogP contribution in [0, 0.1) is 0 Å². The lowest BCUT2D eigenvalue weighted by molar-refractivity contribution is -0.137. The summed E-state index contributed by atoms with van der Waals surface area (Å²) in [6.45, 7) is 0. The number of rotatable bonds is 5. The van der Waals surface area contributed by atoms with Crippen molar-refractivity contribution >= 4 is 35.1 Å². The predicted octanol–water partition coefficient (Wildman–Crippen LogP) is 4.28. The number of pyridine rings is 1. The Morgan fingerprint density at radius 2 is 1.74 bits per heavy atom. The van der Waals surface area contributed by atoms with Crippen molar-refractivity contribution in [1.82, 2.24) is 15.6 Å². The van der Waals surface area contributed by atoms with E-state index in [4.69, 9.17) is 22.1 Å². The third-order valence-corrected chi connectivity index (χ3v) is 4.62. The van der Waals surface area contributed by atoms with Crippen LogP contribution in [0.5, 0.6) is 11.5 Å². The predicted molar refractivity (Wildman–Crippen MR) is 119 cm³/mol. The maximum atomic E-state index is 13.0. The highest BCUT2D eigenvalue weighted by atomic mass is 35.5. The summed E-state index contributed by atoms with van der Waals surface area (Å²) in [5, 5.41) is 4.16. The number of halogens is 4. The van der Waals surface area contributed by atoms with Crippen molar-refractivity contribution in [1.29, 1.82) is 0 Å². The number of carbonyl (C=O) groups excluding carboxylic acids is 2. The number of nitrogens with zero attached hydrogens (tertiary/aromatic N) is 2. The van der Waals surface area contributed by atoms with Gasteiger partial charge in [-0.2, -0.15) is 13.2 Å². The molecule has 0 radical (unpaired) electrons. The molecule has 1 heterocycles. The molecule has 0 aliphatic heterocycles. The Morgan fingerprint density at radius 1 is 1.03 bits per heavy atom. The highest BCUT2D eigenvalue weighted by molar-refractivity contribution is 6.31. The van der Waals surface area contributed by atoms with Gasteiger partial charge in [0.15, 0.2) is 0 Å². The molecule has 176 valence electrons. The molecule has 0 aliphatic rings. The molecule has 0 spiro atoms. The number of benzene rings is 2. The summed E-state index contributed by atoms with van der Waals surface area (Å²) in [5.41, 5.74) is 4.82. The molecule has 2 aromatic carbocycles. The molecule has 3 aromatic rings. The van der Waals surface area contributed by atoms with Gasteiger partial charge in [0.05, 0.1) is 16.3 Å². The topological polar surface area (TPSA) is 119 Å². The largest absolute Gasteiger partial charge is 0.457 e. The third-order valence-electron chi connectivity index (χ3n) is 4.29. The van der Waals surface area contributed by atoms with Crippen LogP contribution in [0.15, 0.2) is 65.8 Å². The molecule has 12 heteroatoms. The Balaban J connectivity index is 1.68. The van der Waals surface area contributed by atoms with Crippen LogP contribution in [0.4, 0.5) is 18.9 Å². The molecule has 0 unspecified atom stereocenters. The monoisotopic (exact) mass is 491 g/mol. The maximum Gasteiger partial charge on any atom is 0.417 e. The van der Waals surface area contributed by atoms with Gasteiger partial charge in [-0.05, 0) is 48.5 Å². The number of nitrogens with two attached hydrogens (primary N) is 1. The lowest BCUT2D eigenvalue weighted by Gasteiger charge is -2.11. The van der Waals surface area contributed by atoms with Crippen molar-refractivity contribution in [3.8, 4) is 11.5 Å². The third kappa shape index (κ3) is 6.23. The SMILES string of the molecule is CNC(=O)c1cc(Oc2ccc(N=C(N)NC(=O)c3ccc(Cl)c(C(F)(F)F)c3)cc2)ccn1. The second kappa shape index (κ2) is 10.2. The molecular formula is C22H17ClF3N5O3. The molecule has 2 amide bonds. The summed E-state index contributed by atoms with van der Waals surface area (Å²) in [7, 11) is 1.49. The van der Waals surface area contributed by atoms with Gasteiger partial charge in [-0.25, -0.2) is 4.99 Å². The highest BCUT2D eigenvalue weighted by Gasteiger charge is 2.33.